The number of carbonyl (C=O) groups excluding carboxylic acids is 1. The Morgan fingerprint density at radius 1 is 1.14 bits per heavy atom. The highest BCUT2D eigenvalue weighted by Crippen LogP contribution is 2.30. The first-order valence-corrected chi connectivity index (χ1v) is 12.1. The lowest BCUT2D eigenvalue weighted by Crippen LogP contribution is -2.53. The molecule has 2 rings (SSSR count). The van der Waals surface area contributed by atoms with Crippen LogP contribution in [0.4, 0.5) is 0 Å². The number of sulfonamides is 1. The molecular weight excluding hydrogens is 479 g/mol. The van der Waals surface area contributed by atoms with E-state index in [0.717, 1.165) is 0 Å². The zero-order chi connectivity index (χ0) is 21.3. The van der Waals surface area contributed by atoms with Gasteiger partial charge in [-0.15, -0.1) is 0 Å². The first-order valence-electron chi connectivity index (χ1n) is 7.61. The Balaban J connectivity index is 2.34. The van der Waals surface area contributed by atoms with Crippen LogP contribution in [0, 0.1) is 0 Å². The van der Waals surface area contributed by atoms with Gasteiger partial charge in [0.1, 0.15) is 16.4 Å². The van der Waals surface area contributed by atoms with Crippen molar-refractivity contribution in [2.24, 2.45) is 0 Å². The molecule has 1 aliphatic rings. The number of rotatable bonds is 6. The van der Waals surface area contributed by atoms with Gasteiger partial charge in [-0.3, -0.25) is 4.79 Å². The first kappa shape index (κ1) is 23.3. The number of sulfone groups is 1. The monoisotopic (exact) mass is 494 g/mol. The second-order valence-corrected chi connectivity index (χ2v) is 12.0. The largest absolute Gasteiger partial charge is 0.497 e. The quantitative estimate of drug-likeness (QED) is 0.554. The SMILES string of the molecule is COc1ccc(OC)c(S(=O)(=O)N[C@@H]2CS(=O)(=O)C[C@@H]2NC(=O)C(Cl)(Cl)Cl)c1. The third-order valence-electron chi connectivity index (χ3n) is 3.89. The highest BCUT2D eigenvalue weighted by atomic mass is 35.6. The lowest BCUT2D eigenvalue weighted by Gasteiger charge is -2.23. The molecule has 0 saturated carbocycles. The summed E-state index contributed by atoms with van der Waals surface area (Å²) in [5.41, 5.74) is 0. The molecule has 0 unspecified atom stereocenters. The Kier molecular flexibility index (Phi) is 6.99. The van der Waals surface area contributed by atoms with Crippen LogP contribution < -0.4 is 19.5 Å². The van der Waals surface area contributed by atoms with Crippen LogP contribution in [0.3, 0.4) is 0 Å². The summed E-state index contributed by atoms with van der Waals surface area (Å²) in [5, 5.41) is 2.25. The van der Waals surface area contributed by atoms with Gasteiger partial charge in [0, 0.05) is 6.07 Å². The van der Waals surface area contributed by atoms with Gasteiger partial charge in [-0.2, -0.15) is 0 Å². The first-order chi connectivity index (χ1) is 12.8. The number of methoxy groups -OCH3 is 2. The normalized spacial score (nSPS) is 21.9. The van der Waals surface area contributed by atoms with Crippen LogP contribution >= 0.6 is 34.8 Å². The van der Waals surface area contributed by atoms with Crippen molar-refractivity contribution in [2.75, 3.05) is 25.7 Å². The van der Waals surface area contributed by atoms with Gasteiger partial charge in [-0.25, -0.2) is 21.6 Å². The van der Waals surface area contributed by atoms with Gasteiger partial charge in [-0.1, -0.05) is 34.8 Å². The second kappa shape index (κ2) is 8.41. The van der Waals surface area contributed by atoms with Crippen LogP contribution in [0.5, 0.6) is 11.5 Å². The Labute approximate surface area is 177 Å². The molecule has 0 bridgehead atoms. The van der Waals surface area contributed by atoms with Crippen LogP contribution in [0.25, 0.3) is 0 Å². The van der Waals surface area contributed by atoms with Gasteiger partial charge >= 0.3 is 0 Å². The molecule has 2 atom stereocenters. The van der Waals surface area contributed by atoms with Crippen molar-refractivity contribution in [1.82, 2.24) is 10.0 Å². The van der Waals surface area contributed by atoms with Gasteiger partial charge in [-0.05, 0) is 12.1 Å². The summed E-state index contributed by atoms with van der Waals surface area (Å²) >= 11 is 16.4. The molecule has 0 aromatic heterocycles. The molecule has 1 heterocycles. The van der Waals surface area contributed by atoms with Gasteiger partial charge in [0.15, 0.2) is 9.84 Å². The van der Waals surface area contributed by atoms with Gasteiger partial charge in [0.05, 0.1) is 37.8 Å². The van der Waals surface area contributed by atoms with Crippen LogP contribution in [0.15, 0.2) is 23.1 Å². The summed E-state index contributed by atoms with van der Waals surface area (Å²) in [4.78, 5) is 11.6. The van der Waals surface area contributed by atoms with E-state index in [1.54, 1.807) is 0 Å². The zero-order valence-corrected chi connectivity index (χ0v) is 18.5. The molecule has 0 spiro atoms. The van der Waals surface area contributed by atoms with E-state index in [1.807, 2.05) is 0 Å². The Hall–Kier alpha value is -0.980. The number of nitrogens with one attached hydrogen (secondary N) is 2. The minimum absolute atomic E-state index is 0.0241. The molecule has 1 aliphatic heterocycles. The highest BCUT2D eigenvalue weighted by molar-refractivity contribution is 7.92. The molecule has 1 fully saturated rings. The maximum absolute atomic E-state index is 12.8. The fourth-order valence-corrected chi connectivity index (χ4v) is 6.20. The predicted octanol–water partition coefficient (Wildman–Crippen LogP) is 0.634. The smallest absolute Gasteiger partial charge is 0.272 e. The molecule has 1 amide bonds. The van der Waals surface area contributed by atoms with E-state index in [0.29, 0.717) is 0 Å². The van der Waals surface area contributed by atoms with Crippen molar-refractivity contribution >= 4 is 60.6 Å². The Morgan fingerprint density at radius 2 is 1.75 bits per heavy atom. The minimum Gasteiger partial charge on any atom is -0.497 e. The lowest BCUT2D eigenvalue weighted by atomic mass is 10.2. The van der Waals surface area contributed by atoms with E-state index < -0.39 is 53.1 Å². The molecule has 0 aliphatic carbocycles. The standard InChI is InChI=1S/C14H17Cl3N2O7S2/c1-25-8-3-4-11(26-2)12(5-8)28(23,24)19-10-7-27(21,22)6-9(10)18-13(20)14(15,16)17/h3-5,9-10,19H,6-7H2,1-2H3,(H,18,20)/t9-,10+/m0/s1. The van der Waals surface area contributed by atoms with Crippen molar-refractivity contribution in [1.29, 1.82) is 0 Å². The molecule has 14 heteroatoms. The highest BCUT2D eigenvalue weighted by Gasteiger charge is 2.43. The molecule has 9 nitrogen and oxygen atoms in total. The maximum atomic E-state index is 12.8. The number of amides is 1. The molecule has 158 valence electrons. The predicted molar refractivity (Wildman–Crippen MR) is 105 cm³/mol. The summed E-state index contributed by atoms with van der Waals surface area (Å²) < 4.78 is 59.7. The van der Waals surface area contributed by atoms with Crippen LogP contribution in [-0.2, 0) is 24.7 Å². The van der Waals surface area contributed by atoms with E-state index in [2.05, 4.69) is 10.0 Å². The second-order valence-electron chi connectivity index (χ2n) is 5.90. The third-order valence-corrected chi connectivity index (χ3v) is 7.65. The molecular formula is C14H17Cl3N2O7S2. The van der Waals surface area contributed by atoms with Crippen molar-refractivity contribution < 1.29 is 31.1 Å². The van der Waals surface area contributed by atoms with Crippen molar-refractivity contribution in [3.8, 4) is 11.5 Å². The van der Waals surface area contributed by atoms with E-state index in [1.165, 1.54) is 32.4 Å². The summed E-state index contributed by atoms with van der Waals surface area (Å²) in [6, 6.07) is 1.81. The fraction of sp³-hybridized carbons (Fsp3) is 0.500. The number of hydrogen-bond acceptors (Lipinski definition) is 7. The third kappa shape index (κ3) is 5.55. The van der Waals surface area contributed by atoms with E-state index in [9.17, 15) is 21.6 Å². The zero-order valence-electron chi connectivity index (χ0n) is 14.6. The maximum Gasteiger partial charge on any atom is 0.272 e. The number of carbonyl (C=O) groups is 1. The summed E-state index contributed by atoms with van der Waals surface area (Å²) in [6.07, 6.45) is 0. The number of halogens is 3. The molecule has 1 aromatic rings. The van der Waals surface area contributed by atoms with E-state index in [-0.39, 0.29) is 16.4 Å². The minimum atomic E-state index is -4.24. The van der Waals surface area contributed by atoms with E-state index >= 15 is 0 Å². The topological polar surface area (TPSA) is 128 Å². The number of hydrogen-bond donors (Lipinski definition) is 2. The van der Waals surface area contributed by atoms with Crippen molar-refractivity contribution in [2.45, 2.75) is 20.8 Å². The number of benzene rings is 1. The summed E-state index contributed by atoms with van der Waals surface area (Å²) in [6.45, 7) is 0. The molecule has 2 N–H and O–H groups in total. The van der Waals surface area contributed by atoms with Crippen molar-refractivity contribution in [3.05, 3.63) is 18.2 Å². The lowest BCUT2D eigenvalue weighted by molar-refractivity contribution is -0.120. The number of ether oxygens (including phenoxy) is 2. The van der Waals surface area contributed by atoms with Gasteiger partial charge in [0.2, 0.25) is 10.0 Å². The van der Waals surface area contributed by atoms with Crippen LogP contribution in [0.1, 0.15) is 0 Å². The summed E-state index contributed by atoms with van der Waals surface area (Å²) in [7, 11) is -5.25. The number of alkyl halides is 3. The van der Waals surface area contributed by atoms with Gasteiger partial charge < -0.3 is 14.8 Å². The molecule has 0 radical (unpaired) electrons. The Bertz CT molecular complexity index is 962. The van der Waals surface area contributed by atoms with Crippen LogP contribution in [0.2, 0.25) is 0 Å². The molecule has 28 heavy (non-hydrogen) atoms. The average Bonchev–Trinajstić information content (AvgIpc) is 2.85. The fourth-order valence-electron chi connectivity index (χ4n) is 2.61. The van der Waals surface area contributed by atoms with Gasteiger partial charge in [0.25, 0.3) is 9.70 Å². The average molecular weight is 496 g/mol. The van der Waals surface area contributed by atoms with E-state index in [4.69, 9.17) is 44.3 Å². The van der Waals surface area contributed by atoms with Crippen molar-refractivity contribution in [3.63, 3.8) is 0 Å². The summed E-state index contributed by atoms with van der Waals surface area (Å²) in [5.74, 6) is -1.84. The molecule has 1 aromatic carbocycles. The molecule has 1 saturated heterocycles. The van der Waals surface area contributed by atoms with Crippen LogP contribution in [-0.4, -0.2) is 64.3 Å². The Morgan fingerprint density at radius 3 is 2.29 bits per heavy atom.